The lowest BCUT2D eigenvalue weighted by Gasteiger charge is -2.35. The molecule has 1 aromatic rings. The molecule has 2 heterocycles. The largest absolute Gasteiger partial charge is 0.336 e. The molecule has 1 aliphatic carbocycles. The summed E-state index contributed by atoms with van der Waals surface area (Å²) in [7, 11) is 1.77. The van der Waals surface area contributed by atoms with Crippen LogP contribution in [0.5, 0.6) is 0 Å². The van der Waals surface area contributed by atoms with Gasteiger partial charge in [-0.2, -0.15) is 0 Å². The molecule has 2 fully saturated rings. The van der Waals surface area contributed by atoms with Gasteiger partial charge in [0.15, 0.2) is 0 Å². The summed E-state index contributed by atoms with van der Waals surface area (Å²) in [5, 5.41) is 9.68. The van der Waals surface area contributed by atoms with E-state index >= 15 is 0 Å². The number of aromatic nitrogens is 3. The number of hydrogen-bond donors (Lipinski definition) is 2. The lowest BCUT2D eigenvalue weighted by molar-refractivity contribution is 0.141. The minimum absolute atomic E-state index is 0.221. The number of likely N-dealkylation sites (tertiary alicyclic amines) is 1. The van der Waals surface area contributed by atoms with E-state index in [9.17, 15) is 4.79 Å². The van der Waals surface area contributed by atoms with Crippen molar-refractivity contribution >= 4 is 12.0 Å². The highest BCUT2D eigenvalue weighted by Gasteiger charge is 2.31. The maximum atomic E-state index is 11.9. The molecular formula is C15H26N6O. The SMILES string of the molecule is Cn1cnc(NC(=O)NC[C@H]2CCCN2C2CCCCC2)n1. The molecule has 0 bridgehead atoms. The molecule has 0 radical (unpaired) electrons. The number of aryl methyl sites for hydroxylation is 1. The predicted octanol–water partition coefficient (Wildman–Crippen LogP) is 1.73. The minimum atomic E-state index is -0.221. The lowest BCUT2D eigenvalue weighted by atomic mass is 9.94. The normalized spacial score (nSPS) is 23.6. The van der Waals surface area contributed by atoms with E-state index < -0.39 is 0 Å². The van der Waals surface area contributed by atoms with Crippen LogP contribution < -0.4 is 10.6 Å². The summed E-state index contributed by atoms with van der Waals surface area (Å²) in [5.41, 5.74) is 0. The molecule has 1 atom stereocenters. The van der Waals surface area contributed by atoms with Gasteiger partial charge in [0.2, 0.25) is 5.95 Å². The van der Waals surface area contributed by atoms with Crippen molar-refractivity contribution in [1.82, 2.24) is 25.0 Å². The fourth-order valence-electron chi connectivity index (χ4n) is 3.72. The first-order valence-electron chi connectivity index (χ1n) is 8.38. The average Bonchev–Trinajstić information content (AvgIpc) is 3.15. The smallest absolute Gasteiger partial charge is 0.321 e. The molecule has 1 aromatic heterocycles. The molecule has 3 rings (SSSR count). The van der Waals surface area contributed by atoms with Gasteiger partial charge in [-0.15, -0.1) is 5.10 Å². The molecule has 7 nitrogen and oxygen atoms in total. The molecule has 0 unspecified atom stereocenters. The van der Waals surface area contributed by atoms with Gasteiger partial charge >= 0.3 is 6.03 Å². The first-order chi connectivity index (χ1) is 10.7. The van der Waals surface area contributed by atoms with Crippen LogP contribution in [0.2, 0.25) is 0 Å². The topological polar surface area (TPSA) is 75.1 Å². The summed E-state index contributed by atoms with van der Waals surface area (Å²) in [5.74, 6) is 0.343. The van der Waals surface area contributed by atoms with Crippen molar-refractivity contribution in [2.45, 2.75) is 57.0 Å². The Bertz CT molecular complexity index is 496. The zero-order valence-electron chi connectivity index (χ0n) is 13.3. The van der Waals surface area contributed by atoms with Gasteiger partial charge in [-0.1, -0.05) is 19.3 Å². The third-order valence-electron chi connectivity index (χ3n) is 4.79. The number of carbonyl (C=O) groups excluding carboxylic acids is 1. The monoisotopic (exact) mass is 306 g/mol. The number of anilines is 1. The molecule has 0 spiro atoms. The van der Waals surface area contributed by atoms with Gasteiger partial charge in [-0.05, 0) is 32.2 Å². The summed E-state index contributed by atoms with van der Waals surface area (Å²) < 4.78 is 1.57. The van der Waals surface area contributed by atoms with Crippen LogP contribution in [-0.4, -0.2) is 50.9 Å². The molecule has 7 heteroatoms. The quantitative estimate of drug-likeness (QED) is 0.888. The number of nitrogens with zero attached hydrogens (tertiary/aromatic N) is 4. The zero-order valence-corrected chi connectivity index (χ0v) is 13.3. The van der Waals surface area contributed by atoms with Gasteiger partial charge in [0.05, 0.1) is 0 Å². The Morgan fingerprint density at radius 1 is 1.27 bits per heavy atom. The molecule has 2 amide bonds. The number of urea groups is 1. The second kappa shape index (κ2) is 7.09. The Hall–Kier alpha value is -1.63. The van der Waals surface area contributed by atoms with E-state index in [-0.39, 0.29) is 6.03 Å². The molecule has 22 heavy (non-hydrogen) atoms. The Morgan fingerprint density at radius 2 is 2.09 bits per heavy atom. The highest BCUT2D eigenvalue weighted by Crippen LogP contribution is 2.28. The Balaban J connectivity index is 1.46. The summed E-state index contributed by atoms with van der Waals surface area (Å²) in [6, 6.07) is 0.982. The van der Waals surface area contributed by atoms with Crippen LogP contribution in [0.25, 0.3) is 0 Å². The molecule has 1 saturated heterocycles. The summed E-state index contributed by atoms with van der Waals surface area (Å²) in [4.78, 5) is 18.5. The van der Waals surface area contributed by atoms with Gasteiger partial charge in [0.1, 0.15) is 6.33 Å². The maximum absolute atomic E-state index is 11.9. The number of nitrogens with one attached hydrogen (secondary N) is 2. The Kier molecular flexibility index (Phi) is 4.92. The predicted molar refractivity (Wildman–Crippen MR) is 84.6 cm³/mol. The van der Waals surface area contributed by atoms with Crippen molar-refractivity contribution in [3.05, 3.63) is 6.33 Å². The highest BCUT2D eigenvalue weighted by molar-refractivity contribution is 5.87. The van der Waals surface area contributed by atoms with E-state index in [1.54, 1.807) is 18.1 Å². The van der Waals surface area contributed by atoms with Crippen molar-refractivity contribution in [3.63, 3.8) is 0 Å². The van der Waals surface area contributed by atoms with Gasteiger partial charge in [0.25, 0.3) is 0 Å². The van der Waals surface area contributed by atoms with Crippen molar-refractivity contribution in [2.24, 2.45) is 7.05 Å². The third-order valence-corrected chi connectivity index (χ3v) is 4.79. The zero-order chi connectivity index (χ0) is 15.4. The average molecular weight is 306 g/mol. The number of carbonyl (C=O) groups is 1. The first kappa shape index (κ1) is 15.3. The minimum Gasteiger partial charge on any atom is -0.336 e. The third kappa shape index (κ3) is 3.76. The van der Waals surface area contributed by atoms with Gasteiger partial charge in [0, 0.05) is 25.7 Å². The summed E-state index contributed by atoms with van der Waals surface area (Å²) in [6.07, 6.45) is 10.7. The summed E-state index contributed by atoms with van der Waals surface area (Å²) in [6.45, 7) is 1.88. The Morgan fingerprint density at radius 3 is 2.82 bits per heavy atom. The van der Waals surface area contributed by atoms with E-state index in [0.29, 0.717) is 18.5 Å². The molecular weight excluding hydrogens is 280 g/mol. The van der Waals surface area contributed by atoms with Crippen LogP contribution in [0, 0.1) is 0 Å². The van der Waals surface area contributed by atoms with E-state index in [2.05, 4.69) is 25.6 Å². The van der Waals surface area contributed by atoms with Crippen LogP contribution >= 0.6 is 0 Å². The van der Waals surface area contributed by atoms with Crippen LogP contribution in [0.1, 0.15) is 44.9 Å². The van der Waals surface area contributed by atoms with Crippen molar-refractivity contribution in [1.29, 1.82) is 0 Å². The highest BCUT2D eigenvalue weighted by atomic mass is 16.2. The fraction of sp³-hybridized carbons (Fsp3) is 0.800. The fourth-order valence-corrected chi connectivity index (χ4v) is 3.72. The molecule has 122 valence electrons. The van der Waals surface area contributed by atoms with E-state index in [0.717, 1.165) is 6.04 Å². The molecule has 2 N–H and O–H groups in total. The van der Waals surface area contributed by atoms with Gasteiger partial charge in [-0.25, -0.2) is 9.78 Å². The van der Waals surface area contributed by atoms with E-state index in [4.69, 9.17) is 0 Å². The first-order valence-corrected chi connectivity index (χ1v) is 8.38. The van der Waals surface area contributed by atoms with Crippen molar-refractivity contribution in [3.8, 4) is 0 Å². The number of amides is 2. The van der Waals surface area contributed by atoms with Crippen molar-refractivity contribution in [2.75, 3.05) is 18.4 Å². The van der Waals surface area contributed by atoms with Crippen molar-refractivity contribution < 1.29 is 4.79 Å². The number of rotatable bonds is 4. The molecule has 1 saturated carbocycles. The molecule has 1 aliphatic heterocycles. The van der Waals surface area contributed by atoms with Crippen LogP contribution in [0.4, 0.5) is 10.7 Å². The maximum Gasteiger partial charge on any atom is 0.321 e. The lowest BCUT2D eigenvalue weighted by Crippen LogP contribution is -2.46. The second-order valence-corrected chi connectivity index (χ2v) is 6.40. The second-order valence-electron chi connectivity index (χ2n) is 6.40. The summed E-state index contributed by atoms with van der Waals surface area (Å²) >= 11 is 0. The van der Waals surface area contributed by atoms with E-state index in [1.165, 1.54) is 51.5 Å². The number of hydrogen-bond acceptors (Lipinski definition) is 4. The van der Waals surface area contributed by atoms with Gasteiger partial charge < -0.3 is 5.32 Å². The Labute approximate surface area is 131 Å². The standard InChI is InChI=1S/C15H26N6O/c1-20-11-17-14(19-20)18-15(22)16-10-13-8-5-9-21(13)12-6-3-2-4-7-12/h11-13H,2-10H2,1H3,(H2,16,18,19,22)/t13-/m1/s1. The van der Waals surface area contributed by atoms with E-state index in [1.807, 2.05) is 0 Å². The van der Waals surface area contributed by atoms with Gasteiger partial charge in [-0.3, -0.25) is 14.9 Å². The molecule has 0 aromatic carbocycles. The van der Waals surface area contributed by atoms with Crippen LogP contribution in [0.15, 0.2) is 6.33 Å². The van der Waals surface area contributed by atoms with Crippen LogP contribution in [-0.2, 0) is 7.05 Å². The molecule has 2 aliphatic rings. The van der Waals surface area contributed by atoms with Crippen LogP contribution in [0.3, 0.4) is 0 Å².